The minimum atomic E-state index is 0.806. The molecule has 0 N–H and O–H groups in total. The predicted octanol–water partition coefficient (Wildman–Crippen LogP) is 13.3. The highest BCUT2D eigenvalue weighted by Gasteiger charge is 2.15. The van der Waals surface area contributed by atoms with Crippen molar-refractivity contribution in [1.82, 2.24) is 0 Å². The largest absolute Gasteiger partial charge is 0.337 e. The van der Waals surface area contributed by atoms with Crippen molar-refractivity contribution in [2.45, 2.75) is 13.3 Å². The number of hydrogen-bond acceptors (Lipinski definition) is 1. The van der Waals surface area contributed by atoms with Gasteiger partial charge in [-0.3, -0.25) is 0 Å². The third kappa shape index (κ3) is 7.76. The topological polar surface area (TPSA) is 3.24 Å². The Bertz CT molecular complexity index is 2280. The van der Waals surface area contributed by atoms with Crippen LogP contribution in [0.15, 0.2) is 207 Å². The summed E-state index contributed by atoms with van der Waals surface area (Å²) in [4.78, 5) is 2.40. The van der Waals surface area contributed by atoms with E-state index >= 15 is 0 Å². The van der Waals surface area contributed by atoms with Gasteiger partial charge >= 0.3 is 0 Å². The normalized spacial score (nSPS) is 15.4. The van der Waals surface area contributed by atoms with Gasteiger partial charge in [-0.05, 0) is 147 Å². The van der Waals surface area contributed by atoms with Crippen LogP contribution in [0.5, 0.6) is 0 Å². The van der Waals surface area contributed by atoms with Crippen molar-refractivity contribution in [3.63, 3.8) is 0 Å². The van der Waals surface area contributed by atoms with E-state index < -0.39 is 0 Å². The zero-order chi connectivity index (χ0) is 34.8. The SMILES string of the molecule is C=C/C=C(\C=C/C)c1cc(C2=CC=C=CC=C2)cc(-c2cc(-c3ccccc3)cc(-c3ccc(N4C/C=C\C=C/Cc5ccccc54)cc3)c2)c1. The summed E-state index contributed by atoms with van der Waals surface area (Å²) in [7, 11) is 0. The van der Waals surface area contributed by atoms with Crippen LogP contribution in [0.1, 0.15) is 23.6 Å². The fourth-order valence-corrected chi connectivity index (χ4v) is 6.73. The molecule has 0 spiro atoms. The molecule has 5 aromatic rings. The molecule has 5 aromatic carbocycles. The van der Waals surface area contributed by atoms with Crippen molar-refractivity contribution in [2.75, 3.05) is 11.4 Å². The van der Waals surface area contributed by atoms with Crippen molar-refractivity contribution in [2.24, 2.45) is 0 Å². The van der Waals surface area contributed by atoms with Gasteiger partial charge in [0.1, 0.15) is 0 Å². The lowest BCUT2D eigenvalue weighted by molar-refractivity contribution is 1.07. The fraction of sp³-hybridized carbons (Fsp3) is 0.0600. The molecule has 51 heavy (non-hydrogen) atoms. The Balaban J connectivity index is 1.35. The minimum Gasteiger partial charge on any atom is -0.337 e. The molecule has 0 bridgehead atoms. The minimum absolute atomic E-state index is 0.806. The maximum absolute atomic E-state index is 4.00. The van der Waals surface area contributed by atoms with Gasteiger partial charge in [-0.25, -0.2) is 0 Å². The van der Waals surface area contributed by atoms with E-state index in [4.69, 9.17) is 0 Å². The van der Waals surface area contributed by atoms with Crippen LogP contribution in [0.2, 0.25) is 0 Å². The standard InChI is InChI=1S/C50H41N/c1-3-18-38(19-4-2)43-32-44(39-20-10-5-6-11-21-39)35-47(34-43)48-36-45(40-22-13-9-14-23-40)33-46(37-48)41-27-29-49(30-28-41)51-31-17-8-7-12-24-42-25-15-16-26-50(42)51/h3-5,7-23,25-30,32-37H,1,24,31H2,2H3/b12-7-,17-8-,19-4-,38-18+. The quantitative estimate of drug-likeness (QED) is 0.119. The molecular formula is C50H41N. The Morgan fingerprint density at radius 1 is 0.667 bits per heavy atom. The smallest absolute Gasteiger partial charge is 0.0449 e. The van der Waals surface area contributed by atoms with E-state index in [1.54, 1.807) is 0 Å². The second-order valence-corrected chi connectivity index (χ2v) is 12.6. The maximum Gasteiger partial charge on any atom is 0.0449 e. The zero-order valence-electron chi connectivity index (χ0n) is 29.0. The Morgan fingerprint density at radius 3 is 2.12 bits per heavy atom. The highest BCUT2D eigenvalue weighted by molar-refractivity contribution is 5.88. The first-order valence-electron chi connectivity index (χ1n) is 17.6. The Labute approximate surface area is 303 Å². The number of benzene rings is 5. The number of hydrogen-bond donors (Lipinski definition) is 0. The van der Waals surface area contributed by atoms with Gasteiger partial charge in [0, 0.05) is 17.9 Å². The summed E-state index contributed by atoms with van der Waals surface area (Å²) < 4.78 is 0. The Hall–Kier alpha value is -6.40. The molecule has 0 aromatic heterocycles. The van der Waals surface area contributed by atoms with Gasteiger partial charge in [0.25, 0.3) is 0 Å². The lowest BCUT2D eigenvalue weighted by Crippen LogP contribution is -2.18. The molecule has 1 aliphatic carbocycles. The average Bonchev–Trinajstić information content (AvgIpc) is 3.42. The first kappa shape index (κ1) is 33.1. The monoisotopic (exact) mass is 655 g/mol. The van der Waals surface area contributed by atoms with E-state index in [1.165, 1.54) is 39.2 Å². The fourth-order valence-electron chi connectivity index (χ4n) is 6.73. The Morgan fingerprint density at radius 2 is 1.33 bits per heavy atom. The molecular weight excluding hydrogens is 615 g/mol. The molecule has 1 nitrogen and oxygen atoms in total. The van der Waals surface area contributed by atoms with Crippen molar-refractivity contribution in [3.05, 3.63) is 223 Å². The summed E-state index contributed by atoms with van der Waals surface area (Å²) in [5, 5.41) is 0. The van der Waals surface area contributed by atoms with Crippen LogP contribution in [0.25, 0.3) is 44.5 Å². The zero-order valence-corrected chi connectivity index (χ0v) is 29.0. The molecule has 2 aliphatic rings. The summed E-state index contributed by atoms with van der Waals surface area (Å²) in [6, 6.07) is 42.3. The second kappa shape index (κ2) is 15.9. The number of fused-ring (bicyclic) bond motifs is 1. The molecule has 0 radical (unpaired) electrons. The third-order valence-electron chi connectivity index (χ3n) is 9.25. The van der Waals surface area contributed by atoms with Crippen molar-refractivity contribution >= 4 is 22.5 Å². The van der Waals surface area contributed by atoms with E-state index in [0.717, 1.165) is 46.4 Å². The van der Waals surface area contributed by atoms with Gasteiger partial charge < -0.3 is 4.90 Å². The molecule has 0 saturated carbocycles. The number of allylic oxidation sites excluding steroid dienone is 13. The van der Waals surface area contributed by atoms with Gasteiger partial charge in [0.2, 0.25) is 0 Å². The molecule has 1 heteroatoms. The molecule has 0 atom stereocenters. The van der Waals surface area contributed by atoms with Gasteiger partial charge in [0.05, 0.1) is 0 Å². The van der Waals surface area contributed by atoms with Crippen LogP contribution < -0.4 is 4.90 Å². The first-order valence-corrected chi connectivity index (χ1v) is 17.6. The van der Waals surface area contributed by atoms with Crippen molar-refractivity contribution in [1.29, 1.82) is 0 Å². The highest BCUT2D eigenvalue weighted by Crippen LogP contribution is 2.37. The lowest BCUT2D eigenvalue weighted by atomic mass is 9.89. The van der Waals surface area contributed by atoms with E-state index in [1.807, 2.05) is 24.3 Å². The summed E-state index contributed by atoms with van der Waals surface area (Å²) in [5.74, 6) is 0. The van der Waals surface area contributed by atoms with Crippen LogP contribution >= 0.6 is 0 Å². The molecule has 1 aliphatic heterocycles. The van der Waals surface area contributed by atoms with Crippen molar-refractivity contribution in [3.8, 4) is 33.4 Å². The average molecular weight is 656 g/mol. The van der Waals surface area contributed by atoms with Gasteiger partial charge in [0.15, 0.2) is 0 Å². The Kier molecular flexibility index (Phi) is 10.3. The molecule has 246 valence electrons. The maximum atomic E-state index is 4.00. The number of para-hydroxylation sites is 1. The lowest BCUT2D eigenvalue weighted by Gasteiger charge is -2.26. The van der Waals surface area contributed by atoms with Crippen LogP contribution in [0, 0.1) is 0 Å². The van der Waals surface area contributed by atoms with E-state index in [2.05, 4.69) is 194 Å². The predicted molar refractivity (Wildman–Crippen MR) is 221 cm³/mol. The van der Waals surface area contributed by atoms with Crippen molar-refractivity contribution < 1.29 is 0 Å². The summed E-state index contributed by atoms with van der Waals surface area (Å²) in [6.07, 6.45) is 28.1. The number of anilines is 2. The van der Waals surface area contributed by atoms with Gasteiger partial charge in [-0.1, -0.05) is 128 Å². The van der Waals surface area contributed by atoms with Crippen LogP contribution in [-0.4, -0.2) is 6.54 Å². The summed E-state index contributed by atoms with van der Waals surface area (Å²) in [5.41, 5.74) is 18.5. The third-order valence-corrected chi connectivity index (χ3v) is 9.25. The van der Waals surface area contributed by atoms with E-state index in [0.29, 0.717) is 0 Å². The van der Waals surface area contributed by atoms with E-state index in [-0.39, 0.29) is 0 Å². The number of nitrogens with zero attached hydrogens (tertiary/aromatic N) is 1. The summed E-state index contributed by atoms with van der Waals surface area (Å²) in [6.45, 7) is 6.86. The number of rotatable bonds is 8. The molecule has 1 heterocycles. The second-order valence-electron chi connectivity index (χ2n) is 12.6. The van der Waals surface area contributed by atoms with Gasteiger partial charge in [-0.2, -0.15) is 0 Å². The molecule has 7 rings (SSSR count). The van der Waals surface area contributed by atoms with Crippen LogP contribution in [0.3, 0.4) is 0 Å². The molecule has 0 saturated heterocycles. The summed E-state index contributed by atoms with van der Waals surface area (Å²) >= 11 is 0. The van der Waals surface area contributed by atoms with E-state index in [9.17, 15) is 0 Å². The highest BCUT2D eigenvalue weighted by atomic mass is 15.1. The van der Waals surface area contributed by atoms with Crippen LogP contribution in [0.4, 0.5) is 11.4 Å². The molecule has 0 unspecified atom stereocenters. The van der Waals surface area contributed by atoms with Crippen LogP contribution in [-0.2, 0) is 6.42 Å². The first-order chi connectivity index (χ1) is 25.2. The molecule has 0 amide bonds. The van der Waals surface area contributed by atoms with Gasteiger partial charge in [-0.15, -0.1) is 5.73 Å². The molecule has 0 fully saturated rings.